The Labute approximate surface area is 118 Å². The highest BCUT2D eigenvalue weighted by Crippen LogP contribution is 2.16. The number of hydrogen-bond acceptors (Lipinski definition) is 4. The third kappa shape index (κ3) is 4.70. The van der Waals surface area contributed by atoms with Crippen molar-refractivity contribution < 1.29 is 9.53 Å². The minimum absolute atomic E-state index is 0.00726. The van der Waals surface area contributed by atoms with Crippen LogP contribution in [0.5, 0.6) is 5.75 Å². The largest absolute Gasteiger partial charge is 0.484 e. The zero-order valence-electron chi connectivity index (χ0n) is 10.9. The van der Waals surface area contributed by atoms with Crippen molar-refractivity contribution >= 4 is 17.5 Å². The summed E-state index contributed by atoms with van der Waals surface area (Å²) in [4.78, 5) is 14.0. The monoisotopic (exact) mass is 283 g/mol. The molecule has 104 valence electrons. The first kappa shape index (κ1) is 14.1. The molecule has 1 N–H and O–H groups in total. The third-order valence-electron chi connectivity index (χ3n) is 2.95. The van der Waals surface area contributed by atoms with E-state index in [-0.39, 0.29) is 12.5 Å². The van der Waals surface area contributed by atoms with Gasteiger partial charge in [0, 0.05) is 31.2 Å². The normalized spacial score (nSPS) is 17.2. The lowest BCUT2D eigenvalue weighted by molar-refractivity contribution is -0.128. The molecule has 1 amide bonds. The zero-order chi connectivity index (χ0) is 13.7. The summed E-state index contributed by atoms with van der Waals surface area (Å²) >= 11 is 5.84. The number of piperazine rings is 1. The van der Waals surface area contributed by atoms with Gasteiger partial charge in [-0.05, 0) is 25.2 Å². The first-order chi connectivity index (χ1) is 9.13. The quantitative estimate of drug-likeness (QED) is 0.895. The molecule has 0 unspecified atom stereocenters. The molecule has 0 saturated carbocycles. The molecule has 1 aliphatic rings. The topological polar surface area (TPSA) is 44.8 Å². The van der Waals surface area contributed by atoms with E-state index < -0.39 is 0 Å². The molecule has 5 nitrogen and oxygen atoms in total. The number of hydrazine groups is 1. The second kappa shape index (κ2) is 6.75. The van der Waals surface area contributed by atoms with Crippen LogP contribution in [-0.4, -0.2) is 55.6 Å². The highest BCUT2D eigenvalue weighted by Gasteiger charge is 2.15. The Bertz CT molecular complexity index is 434. The Morgan fingerprint density at radius 1 is 1.37 bits per heavy atom. The Kier molecular flexibility index (Phi) is 5.01. The summed E-state index contributed by atoms with van der Waals surface area (Å²) in [5, 5.41) is 2.51. The van der Waals surface area contributed by atoms with Gasteiger partial charge in [-0.25, -0.2) is 5.01 Å². The van der Waals surface area contributed by atoms with Crippen molar-refractivity contribution in [1.29, 1.82) is 0 Å². The number of hydrogen-bond donors (Lipinski definition) is 1. The highest BCUT2D eigenvalue weighted by molar-refractivity contribution is 6.30. The SMILES string of the molecule is CN1CCN(NC(=O)COc2cccc(Cl)c2)CC1. The van der Waals surface area contributed by atoms with E-state index in [2.05, 4.69) is 17.4 Å². The molecule has 2 rings (SSSR count). The van der Waals surface area contributed by atoms with E-state index in [1.165, 1.54) is 0 Å². The minimum Gasteiger partial charge on any atom is -0.484 e. The average molecular weight is 284 g/mol. The van der Waals surface area contributed by atoms with Crippen molar-refractivity contribution in [2.75, 3.05) is 39.8 Å². The molecule has 1 aromatic carbocycles. The molecule has 1 aromatic rings. The van der Waals surface area contributed by atoms with Gasteiger partial charge >= 0.3 is 0 Å². The summed E-state index contributed by atoms with van der Waals surface area (Å²) in [5.74, 6) is 0.450. The summed E-state index contributed by atoms with van der Waals surface area (Å²) in [5.41, 5.74) is 2.83. The van der Waals surface area contributed by atoms with Gasteiger partial charge in [0.05, 0.1) is 0 Å². The van der Waals surface area contributed by atoms with Crippen LogP contribution in [0.25, 0.3) is 0 Å². The molecule has 0 radical (unpaired) electrons. The lowest BCUT2D eigenvalue weighted by Crippen LogP contribution is -2.53. The number of carbonyl (C=O) groups is 1. The summed E-state index contributed by atoms with van der Waals surface area (Å²) < 4.78 is 5.38. The van der Waals surface area contributed by atoms with Crippen molar-refractivity contribution in [3.8, 4) is 5.75 Å². The summed E-state index contributed by atoms with van der Waals surface area (Å²) in [6.45, 7) is 3.57. The molecule has 1 heterocycles. The van der Waals surface area contributed by atoms with E-state index in [9.17, 15) is 4.79 Å². The molecule has 0 aromatic heterocycles. The Balaban J connectivity index is 1.73. The second-order valence-corrected chi connectivity index (χ2v) is 5.01. The molecular formula is C13H18ClN3O2. The number of nitrogens with zero attached hydrogens (tertiary/aromatic N) is 2. The van der Waals surface area contributed by atoms with Gasteiger partial charge in [-0.3, -0.25) is 10.2 Å². The fourth-order valence-corrected chi connectivity index (χ4v) is 2.01. The van der Waals surface area contributed by atoms with Crippen LogP contribution in [0.3, 0.4) is 0 Å². The van der Waals surface area contributed by atoms with Crippen LogP contribution in [0.2, 0.25) is 5.02 Å². The molecule has 0 bridgehead atoms. The van der Waals surface area contributed by atoms with E-state index in [4.69, 9.17) is 16.3 Å². The molecule has 0 spiro atoms. The van der Waals surface area contributed by atoms with Gasteiger partial charge in [0.15, 0.2) is 6.61 Å². The summed E-state index contributed by atoms with van der Waals surface area (Å²) in [7, 11) is 2.07. The maximum atomic E-state index is 11.7. The number of amides is 1. The predicted molar refractivity (Wildman–Crippen MR) is 74.2 cm³/mol. The molecule has 6 heteroatoms. The van der Waals surface area contributed by atoms with Crippen molar-refractivity contribution in [2.45, 2.75) is 0 Å². The van der Waals surface area contributed by atoms with Crippen LogP contribution in [0, 0.1) is 0 Å². The van der Waals surface area contributed by atoms with E-state index in [0.29, 0.717) is 10.8 Å². The maximum absolute atomic E-state index is 11.7. The third-order valence-corrected chi connectivity index (χ3v) is 3.19. The van der Waals surface area contributed by atoms with E-state index in [0.717, 1.165) is 26.2 Å². The smallest absolute Gasteiger partial charge is 0.272 e. The second-order valence-electron chi connectivity index (χ2n) is 4.57. The number of halogens is 1. The van der Waals surface area contributed by atoms with Gasteiger partial charge < -0.3 is 9.64 Å². The number of benzene rings is 1. The van der Waals surface area contributed by atoms with Crippen molar-refractivity contribution in [3.63, 3.8) is 0 Å². The van der Waals surface area contributed by atoms with Gasteiger partial charge in [-0.1, -0.05) is 17.7 Å². The number of rotatable bonds is 4. The van der Waals surface area contributed by atoms with Crippen LogP contribution in [-0.2, 0) is 4.79 Å². The standard InChI is InChI=1S/C13H18ClN3O2/c1-16-5-7-17(8-6-16)15-13(18)10-19-12-4-2-3-11(14)9-12/h2-4,9H,5-8,10H2,1H3,(H,15,18). The fourth-order valence-electron chi connectivity index (χ4n) is 1.83. The highest BCUT2D eigenvalue weighted by atomic mass is 35.5. The van der Waals surface area contributed by atoms with Crippen LogP contribution in [0.4, 0.5) is 0 Å². The van der Waals surface area contributed by atoms with Crippen LogP contribution in [0.15, 0.2) is 24.3 Å². The molecule has 0 aliphatic carbocycles. The molecule has 1 saturated heterocycles. The van der Waals surface area contributed by atoms with Gasteiger partial charge in [0.2, 0.25) is 0 Å². The zero-order valence-corrected chi connectivity index (χ0v) is 11.7. The molecular weight excluding hydrogens is 266 g/mol. The van der Waals surface area contributed by atoms with Crippen LogP contribution in [0.1, 0.15) is 0 Å². The Morgan fingerprint density at radius 3 is 2.79 bits per heavy atom. The molecule has 19 heavy (non-hydrogen) atoms. The van der Waals surface area contributed by atoms with Crippen LogP contribution >= 0.6 is 11.6 Å². The predicted octanol–water partition coefficient (Wildman–Crippen LogP) is 0.997. The summed E-state index contributed by atoms with van der Waals surface area (Å²) in [6.07, 6.45) is 0. The molecule has 1 aliphatic heterocycles. The molecule has 0 atom stereocenters. The van der Waals surface area contributed by atoms with Crippen molar-refractivity contribution in [3.05, 3.63) is 29.3 Å². The van der Waals surface area contributed by atoms with Crippen molar-refractivity contribution in [2.24, 2.45) is 0 Å². The number of nitrogens with one attached hydrogen (secondary N) is 1. The summed E-state index contributed by atoms with van der Waals surface area (Å²) in [6, 6.07) is 7.01. The van der Waals surface area contributed by atoms with Gasteiger partial charge in [0.25, 0.3) is 5.91 Å². The van der Waals surface area contributed by atoms with Crippen molar-refractivity contribution in [1.82, 2.24) is 15.3 Å². The number of carbonyl (C=O) groups excluding carboxylic acids is 1. The lowest BCUT2D eigenvalue weighted by Gasteiger charge is -2.32. The van der Waals surface area contributed by atoms with E-state index in [1.807, 2.05) is 5.01 Å². The lowest BCUT2D eigenvalue weighted by atomic mass is 10.3. The van der Waals surface area contributed by atoms with Gasteiger partial charge in [-0.15, -0.1) is 0 Å². The van der Waals surface area contributed by atoms with E-state index in [1.54, 1.807) is 24.3 Å². The Hall–Kier alpha value is -1.30. The molecule has 1 fully saturated rings. The first-order valence-electron chi connectivity index (χ1n) is 6.25. The first-order valence-corrected chi connectivity index (χ1v) is 6.62. The number of ether oxygens (including phenoxy) is 1. The fraction of sp³-hybridized carbons (Fsp3) is 0.462. The van der Waals surface area contributed by atoms with Gasteiger partial charge in [0.1, 0.15) is 5.75 Å². The van der Waals surface area contributed by atoms with Gasteiger partial charge in [-0.2, -0.15) is 0 Å². The van der Waals surface area contributed by atoms with Crippen LogP contribution < -0.4 is 10.2 Å². The maximum Gasteiger partial charge on any atom is 0.272 e. The Morgan fingerprint density at radius 2 is 2.11 bits per heavy atom. The average Bonchev–Trinajstić information content (AvgIpc) is 2.39. The minimum atomic E-state index is -0.149. The number of likely N-dealkylation sites (N-methyl/N-ethyl adjacent to an activating group) is 1. The van der Waals surface area contributed by atoms with E-state index >= 15 is 0 Å².